The molecule has 0 bridgehead atoms. The van der Waals surface area contributed by atoms with Crippen LogP contribution in [0, 0.1) is 0 Å². The van der Waals surface area contributed by atoms with E-state index in [0.717, 1.165) is 5.56 Å². The molecule has 134 valence electrons. The van der Waals surface area contributed by atoms with Gasteiger partial charge in [-0.15, -0.1) is 0 Å². The standard InChI is InChI=1S/C19H24N2O3S/c1-19(2)13-17(10-12-24-19)21(15-16-7-4-3-5-8-16)25(22,23)18-9-6-11-20-14-18/h3-9,11,14,17H,10,12-13,15H2,1-2H3/t17-/m0/s1. The maximum Gasteiger partial charge on any atom is 0.245 e. The molecule has 0 amide bonds. The molecule has 1 saturated heterocycles. The van der Waals surface area contributed by atoms with Crippen molar-refractivity contribution in [2.45, 2.75) is 49.8 Å². The lowest BCUT2D eigenvalue weighted by Crippen LogP contribution is -2.48. The van der Waals surface area contributed by atoms with Crippen molar-refractivity contribution in [3.8, 4) is 0 Å². The van der Waals surface area contributed by atoms with Gasteiger partial charge in [0.15, 0.2) is 0 Å². The van der Waals surface area contributed by atoms with Crippen molar-refractivity contribution >= 4 is 10.0 Å². The second-order valence-corrected chi connectivity index (χ2v) is 8.87. The topological polar surface area (TPSA) is 59.5 Å². The number of aromatic nitrogens is 1. The van der Waals surface area contributed by atoms with Gasteiger partial charge in [0.2, 0.25) is 10.0 Å². The number of benzene rings is 1. The largest absolute Gasteiger partial charge is 0.375 e. The monoisotopic (exact) mass is 360 g/mol. The number of hydrogen-bond donors (Lipinski definition) is 0. The number of sulfonamides is 1. The van der Waals surface area contributed by atoms with Crippen LogP contribution in [-0.4, -0.2) is 36.0 Å². The number of ether oxygens (including phenoxy) is 1. The molecule has 2 heterocycles. The Morgan fingerprint density at radius 1 is 1.20 bits per heavy atom. The van der Waals surface area contributed by atoms with E-state index in [1.54, 1.807) is 22.6 Å². The van der Waals surface area contributed by atoms with E-state index >= 15 is 0 Å². The van der Waals surface area contributed by atoms with E-state index < -0.39 is 10.0 Å². The van der Waals surface area contributed by atoms with Gasteiger partial charge in [-0.1, -0.05) is 30.3 Å². The van der Waals surface area contributed by atoms with Crippen LogP contribution in [0.25, 0.3) is 0 Å². The molecule has 25 heavy (non-hydrogen) atoms. The van der Waals surface area contributed by atoms with Gasteiger partial charge in [0, 0.05) is 31.6 Å². The number of nitrogens with zero attached hydrogens (tertiary/aromatic N) is 2. The van der Waals surface area contributed by atoms with Crippen LogP contribution < -0.4 is 0 Å². The Bertz CT molecular complexity index is 792. The van der Waals surface area contributed by atoms with Gasteiger partial charge in [-0.2, -0.15) is 4.31 Å². The summed E-state index contributed by atoms with van der Waals surface area (Å²) in [6, 6.07) is 12.9. The summed E-state index contributed by atoms with van der Waals surface area (Å²) in [6.07, 6.45) is 4.35. The summed E-state index contributed by atoms with van der Waals surface area (Å²) in [5.41, 5.74) is 0.641. The maximum atomic E-state index is 13.3. The third-order valence-electron chi connectivity index (χ3n) is 4.50. The molecule has 0 N–H and O–H groups in total. The molecule has 2 aromatic rings. The van der Waals surface area contributed by atoms with Crippen molar-refractivity contribution in [1.82, 2.24) is 9.29 Å². The molecule has 1 aromatic heterocycles. The Kier molecular flexibility index (Phi) is 5.22. The first-order valence-electron chi connectivity index (χ1n) is 8.48. The highest BCUT2D eigenvalue weighted by Gasteiger charge is 2.38. The average molecular weight is 360 g/mol. The summed E-state index contributed by atoms with van der Waals surface area (Å²) in [6.45, 7) is 4.93. The molecule has 1 aliphatic rings. The smallest absolute Gasteiger partial charge is 0.245 e. The highest BCUT2D eigenvalue weighted by atomic mass is 32.2. The van der Waals surface area contributed by atoms with Crippen LogP contribution in [-0.2, 0) is 21.3 Å². The predicted molar refractivity (Wildman–Crippen MR) is 96.5 cm³/mol. The SMILES string of the molecule is CC1(C)C[C@@H](N(Cc2ccccc2)S(=O)(=O)c2cccnc2)CCO1. The second-order valence-electron chi connectivity index (χ2n) is 6.98. The molecule has 0 aliphatic carbocycles. The van der Waals surface area contributed by atoms with E-state index in [-0.39, 0.29) is 16.5 Å². The molecule has 5 nitrogen and oxygen atoms in total. The highest BCUT2D eigenvalue weighted by molar-refractivity contribution is 7.89. The first-order chi connectivity index (χ1) is 11.9. The minimum absolute atomic E-state index is 0.103. The highest BCUT2D eigenvalue weighted by Crippen LogP contribution is 2.31. The van der Waals surface area contributed by atoms with Crippen molar-refractivity contribution in [3.63, 3.8) is 0 Å². The molecular formula is C19H24N2O3S. The van der Waals surface area contributed by atoms with E-state index in [9.17, 15) is 8.42 Å². The van der Waals surface area contributed by atoms with Crippen LogP contribution in [0.2, 0.25) is 0 Å². The third-order valence-corrected chi connectivity index (χ3v) is 6.38. The van der Waals surface area contributed by atoms with Gasteiger partial charge in [0.25, 0.3) is 0 Å². The Labute approximate surface area is 149 Å². The van der Waals surface area contributed by atoms with Gasteiger partial charge in [0.1, 0.15) is 4.90 Å². The van der Waals surface area contributed by atoms with Crippen molar-refractivity contribution in [1.29, 1.82) is 0 Å². The molecule has 1 fully saturated rings. The third kappa shape index (κ3) is 4.26. The molecule has 1 aromatic carbocycles. The number of rotatable bonds is 5. The predicted octanol–water partition coefficient (Wildman–Crippen LogP) is 3.23. The summed E-state index contributed by atoms with van der Waals surface area (Å²) in [5, 5.41) is 0. The molecule has 3 rings (SSSR count). The van der Waals surface area contributed by atoms with E-state index in [1.165, 1.54) is 6.20 Å². The minimum Gasteiger partial charge on any atom is -0.375 e. The van der Waals surface area contributed by atoms with Gasteiger partial charge in [0.05, 0.1) is 5.60 Å². The number of hydrogen-bond acceptors (Lipinski definition) is 4. The van der Waals surface area contributed by atoms with Gasteiger partial charge in [-0.25, -0.2) is 8.42 Å². The Hall–Kier alpha value is -1.76. The zero-order valence-electron chi connectivity index (χ0n) is 14.6. The van der Waals surface area contributed by atoms with E-state index in [0.29, 0.717) is 26.0 Å². The van der Waals surface area contributed by atoms with E-state index in [2.05, 4.69) is 4.98 Å². The second kappa shape index (κ2) is 7.23. The Morgan fingerprint density at radius 3 is 2.60 bits per heavy atom. The summed E-state index contributed by atoms with van der Waals surface area (Å²) < 4.78 is 34.0. The lowest BCUT2D eigenvalue weighted by Gasteiger charge is -2.40. The quantitative estimate of drug-likeness (QED) is 0.821. The van der Waals surface area contributed by atoms with Gasteiger partial charge >= 0.3 is 0 Å². The molecule has 0 radical (unpaired) electrons. The Balaban J connectivity index is 1.97. The van der Waals surface area contributed by atoms with E-state index in [1.807, 2.05) is 44.2 Å². The minimum atomic E-state index is -3.63. The van der Waals surface area contributed by atoms with Crippen molar-refractivity contribution in [2.75, 3.05) is 6.61 Å². The Morgan fingerprint density at radius 2 is 1.96 bits per heavy atom. The van der Waals surface area contributed by atoms with Crippen LogP contribution in [0.3, 0.4) is 0 Å². The summed E-state index contributed by atoms with van der Waals surface area (Å²) in [5.74, 6) is 0. The average Bonchev–Trinajstić information content (AvgIpc) is 2.60. The molecule has 0 spiro atoms. The van der Waals surface area contributed by atoms with Crippen LogP contribution in [0.15, 0.2) is 59.8 Å². The molecule has 1 aliphatic heterocycles. The number of pyridine rings is 1. The zero-order valence-corrected chi connectivity index (χ0v) is 15.4. The zero-order chi connectivity index (χ0) is 17.9. The fourth-order valence-electron chi connectivity index (χ4n) is 3.25. The van der Waals surface area contributed by atoms with Crippen molar-refractivity contribution in [2.24, 2.45) is 0 Å². The fourth-order valence-corrected chi connectivity index (χ4v) is 4.86. The lowest BCUT2D eigenvalue weighted by atomic mass is 9.94. The van der Waals surface area contributed by atoms with E-state index in [4.69, 9.17) is 4.74 Å². The maximum absolute atomic E-state index is 13.3. The molecule has 6 heteroatoms. The van der Waals surface area contributed by atoms with Crippen LogP contribution in [0.1, 0.15) is 32.3 Å². The molecule has 0 saturated carbocycles. The first-order valence-corrected chi connectivity index (χ1v) is 9.92. The molecular weight excluding hydrogens is 336 g/mol. The lowest BCUT2D eigenvalue weighted by molar-refractivity contribution is -0.0735. The molecule has 1 atom stereocenters. The molecule has 0 unspecified atom stereocenters. The normalized spacial score (nSPS) is 20.5. The van der Waals surface area contributed by atoms with Crippen molar-refractivity contribution < 1.29 is 13.2 Å². The van der Waals surface area contributed by atoms with Crippen molar-refractivity contribution in [3.05, 3.63) is 60.4 Å². The van der Waals surface area contributed by atoms with Gasteiger partial charge in [-0.3, -0.25) is 4.98 Å². The van der Waals surface area contributed by atoms with Crippen LogP contribution in [0.5, 0.6) is 0 Å². The van der Waals surface area contributed by atoms with Crippen LogP contribution in [0.4, 0.5) is 0 Å². The van der Waals surface area contributed by atoms with Gasteiger partial charge < -0.3 is 4.74 Å². The fraction of sp³-hybridized carbons (Fsp3) is 0.421. The summed E-state index contributed by atoms with van der Waals surface area (Å²) >= 11 is 0. The van der Waals surface area contributed by atoms with Crippen LogP contribution >= 0.6 is 0 Å². The first kappa shape index (κ1) is 18.0. The van der Waals surface area contributed by atoms with Gasteiger partial charge in [-0.05, 0) is 44.4 Å². The summed E-state index contributed by atoms with van der Waals surface area (Å²) in [4.78, 5) is 4.22. The summed E-state index contributed by atoms with van der Waals surface area (Å²) in [7, 11) is -3.63.